The summed E-state index contributed by atoms with van der Waals surface area (Å²) >= 11 is 18.0. The Morgan fingerprint density at radius 1 is 1.22 bits per heavy atom. The highest BCUT2D eigenvalue weighted by Gasteiger charge is 2.22. The van der Waals surface area contributed by atoms with Gasteiger partial charge in [-0.05, 0) is 18.6 Å². The maximum atomic E-state index is 9.96. The third-order valence-electron chi connectivity index (χ3n) is 2.68. The van der Waals surface area contributed by atoms with Crippen LogP contribution < -0.4 is 5.73 Å². The number of hydrogen-bond donors (Lipinski definition) is 2. The molecule has 0 aliphatic carbocycles. The van der Waals surface area contributed by atoms with Crippen LogP contribution in [0.15, 0.2) is 12.1 Å². The molecule has 0 radical (unpaired) electrons. The van der Waals surface area contributed by atoms with Crippen LogP contribution in [0.1, 0.15) is 37.8 Å². The van der Waals surface area contributed by atoms with E-state index in [1.165, 1.54) is 0 Å². The number of aliphatic hydroxyl groups is 1. The zero-order valence-corrected chi connectivity index (χ0v) is 13.1. The molecule has 18 heavy (non-hydrogen) atoms. The van der Waals surface area contributed by atoms with Gasteiger partial charge in [0.05, 0.1) is 22.2 Å². The summed E-state index contributed by atoms with van der Waals surface area (Å²) in [5, 5.41) is 11.1. The molecule has 0 fully saturated rings. The maximum absolute atomic E-state index is 9.96. The molecule has 0 aromatic heterocycles. The van der Waals surface area contributed by atoms with E-state index in [9.17, 15) is 5.11 Å². The minimum atomic E-state index is -0.664. The summed E-state index contributed by atoms with van der Waals surface area (Å²) in [5.74, 6) is 0. The van der Waals surface area contributed by atoms with Crippen molar-refractivity contribution in [2.24, 2.45) is 5.73 Å². The van der Waals surface area contributed by atoms with E-state index in [1.54, 1.807) is 12.1 Å². The van der Waals surface area contributed by atoms with Gasteiger partial charge < -0.3 is 10.8 Å². The van der Waals surface area contributed by atoms with Crippen molar-refractivity contribution in [3.63, 3.8) is 0 Å². The van der Waals surface area contributed by atoms with E-state index < -0.39 is 12.1 Å². The summed E-state index contributed by atoms with van der Waals surface area (Å²) in [6, 6.07) is 2.64. The van der Waals surface area contributed by atoms with E-state index in [4.69, 9.17) is 40.5 Å². The van der Waals surface area contributed by atoms with E-state index in [0.717, 1.165) is 12.8 Å². The van der Waals surface area contributed by atoms with E-state index in [2.05, 4.69) is 6.92 Å². The minimum Gasteiger partial charge on any atom is -0.391 e. The molecule has 3 N–H and O–H groups in total. The van der Waals surface area contributed by atoms with Crippen LogP contribution >= 0.6 is 47.2 Å². The largest absolute Gasteiger partial charge is 0.391 e. The number of hydrogen-bond acceptors (Lipinski definition) is 2. The third kappa shape index (κ3) is 4.44. The van der Waals surface area contributed by atoms with Gasteiger partial charge in [0.15, 0.2) is 0 Å². The Bertz CT molecular complexity index is 387. The molecule has 6 heteroatoms. The van der Waals surface area contributed by atoms with Crippen molar-refractivity contribution in [2.45, 2.75) is 38.3 Å². The molecule has 1 aromatic carbocycles. The molecule has 0 heterocycles. The summed E-state index contributed by atoms with van der Waals surface area (Å²) in [6.45, 7) is 2.05. The van der Waals surface area contributed by atoms with Crippen molar-refractivity contribution in [1.29, 1.82) is 0 Å². The SMILES string of the molecule is CCCC[C@H](O)[C@H](N)c1c(Cl)ccc(Cl)c1Cl.Cl. The maximum Gasteiger partial charge on any atom is 0.0733 e. The first-order valence-electron chi connectivity index (χ1n) is 5.56. The number of halogens is 4. The summed E-state index contributed by atoms with van der Waals surface area (Å²) in [5.41, 5.74) is 6.49. The average molecular weight is 333 g/mol. The zero-order chi connectivity index (χ0) is 13.0. The van der Waals surface area contributed by atoms with Crippen molar-refractivity contribution < 1.29 is 5.11 Å². The quantitative estimate of drug-likeness (QED) is 0.773. The van der Waals surface area contributed by atoms with Gasteiger partial charge in [-0.3, -0.25) is 0 Å². The summed E-state index contributed by atoms with van der Waals surface area (Å²) in [7, 11) is 0. The number of aliphatic hydroxyl groups excluding tert-OH is 1. The smallest absolute Gasteiger partial charge is 0.0733 e. The van der Waals surface area contributed by atoms with Crippen LogP contribution in [0, 0.1) is 0 Å². The van der Waals surface area contributed by atoms with Gasteiger partial charge in [-0.1, -0.05) is 54.6 Å². The van der Waals surface area contributed by atoms with Gasteiger partial charge in [-0.15, -0.1) is 12.4 Å². The summed E-state index contributed by atoms with van der Waals surface area (Å²) in [4.78, 5) is 0. The van der Waals surface area contributed by atoms with Gasteiger partial charge in [0.2, 0.25) is 0 Å². The fourth-order valence-electron chi connectivity index (χ4n) is 1.63. The molecule has 1 aromatic rings. The highest BCUT2D eigenvalue weighted by Crippen LogP contribution is 2.36. The molecular formula is C12H17Cl4NO. The van der Waals surface area contributed by atoms with Crippen LogP contribution in [0.3, 0.4) is 0 Å². The van der Waals surface area contributed by atoms with Crippen LogP contribution in [-0.4, -0.2) is 11.2 Å². The number of unbranched alkanes of at least 4 members (excludes halogenated alkanes) is 1. The monoisotopic (exact) mass is 331 g/mol. The lowest BCUT2D eigenvalue weighted by molar-refractivity contribution is 0.132. The average Bonchev–Trinajstić information content (AvgIpc) is 2.31. The van der Waals surface area contributed by atoms with Crippen molar-refractivity contribution in [2.75, 3.05) is 0 Å². The Labute approximate surface area is 129 Å². The van der Waals surface area contributed by atoms with Gasteiger partial charge >= 0.3 is 0 Å². The molecular weight excluding hydrogens is 316 g/mol. The van der Waals surface area contributed by atoms with Crippen LogP contribution in [-0.2, 0) is 0 Å². The Morgan fingerprint density at radius 2 is 1.78 bits per heavy atom. The van der Waals surface area contributed by atoms with E-state index in [-0.39, 0.29) is 12.4 Å². The number of rotatable bonds is 5. The van der Waals surface area contributed by atoms with Crippen LogP contribution in [0.5, 0.6) is 0 Å². The van der Waals surface area contributed by atoms with Crippen molar-refractivity contribution in [1.82, 2.24) is 0 Å². The predicted octanol–water partition coefficient (Wildman–Crippen LogP) is 4.62. The first-order chi connectivity index (χ1) is 7.99. The van der Waals surface area contributed by atoms with E-state index in [1.807, 2.05) is 0 Å². The van der Waals surface area contributed by atoms with Gasteiger partial charge in [-0.25, -0.2) is 0 Å². The molecule has 0 amide bonds. The second-order valence-corrected chi connectivity index (χ2v) is 5.18. The van der Waals surface area contributed by atoms with Gasteiger partial charge in [0.25, 0.3) is 0 Å². The second kappa shape index (κ2) is 8.47. The fraction of sp³-hybridized carbons (Fsp3) is 0.500. The molecule has 0 saturated heterocycles. The van der Waals surface area contributed by atoms with Gasteiger partial charge in [0, 0.05) is 10.6 Å². The van der Waals surface area contributed by atoms with Crippen LogP contribution in [0.25, 0.3) is 0 Å². The molecule has 0 saturated carbocycles. The highest BCUT2D eigenvalue weighted by atomic mass is 35.5. The molecule has 0 spiro atoms. The first kappa shape index (κ1) is 18.3. The second-order valence-electron chi connectivity index (χ2n) is 3.99. The van der Waals surface area contributed by atoms with Crippen LogP contribution in [0.2, 0.25) is 15.1 Å². The molecule has 0 aliphatic heterocycles. The lowest BCUT2D eigenvalue weighted by Gasteiger charge is -2.21. The number of benzene rings is 1. The van der Waals surface area contributed by atoms with Crippen molar-refractivity contribution >= 4 is 47.2 Å². The third-order valence-corrected chi connectivity index (χ3v) is 3.83. The molecule has 0 aliphatic rings. The molecule has 0 unspecified atom stereocenters. The number of nitrogens with two attached hydrogens (primary N) is 1. The highest BCUT2D eigenvalue weighted by molar-refractivity contribution is 6.44. The summed E-state index contributed by atoms with van der Waals surface area (Å²) < 4.78 is 0. The predicted molar refractivity (Wildman–Crippen MR) is 81.2 cm³/mol. The van der Waals surface area contributed by atoms with Crippen molar-refractivity contribution in [3.05, 3.63) is 32.8 Å². The lowest BCUT2D eigenvalue weighted by atomic mass is 9.98. The topological polar surface area (TPSA) is 46.2 Å². The Kier molecular flexibility index (Phi) is 8.61. The molecule has 1 rings (SSSR count). The van der Waals surface area contributed by atoms with Gasteiger partial charge in [0.1, 0.15) is 0 Å². The van der Waals surface area contributed by atoms with Crippen LogP contribution in [0.4, 0.5) is 0 Å². The molecule has 104 valence electrons. The van der Waals surface area contributed by atoms with E-state index >= 15 is 0 Å². The minimum absolute atomic E-state index is 0. The molecule has 2 atom stereocenters. The first-order valence-corrected chi connectivity index (χ1v) is 6.69. The van der Waals surface area contributed by atoms with Crippen molar-refractivity contribution in [3.8, 4) is 0 Å². The fourth-order valence-corrected chi connectivity index (χ4v) is 2.42. The molecule has 2 nitrogen and oxygen atoms in total. The van der Waals surface area contributed by atoms with Gasteiger partial charge in [-0.2, -0.15) is 0 Å². The lowest BCUT2D eigenvalue weighted by Crippen LogP contribution is -2.26. The Balaban J connectivity index is 0.00000289. The summed E-state index contributed by atoms with van der Waals surface area (Å²) in [6.07, 6.45) is 1.87. The standard InChI is InChI=1S/C12H16Cl3NO.ClH/c1-2-3-4-9(17)12(16)10-7(13)5-6-8(14)11(10)15;/h5-6,9,12,17H,2-4,16H2,1H3;1H/t9-,12-;/m0./s1. The zero-order valence-electron chi connectivity index (χ0n) is 10.00. The molecule has 0 bridgehead atoms. The Morgan fingerprint density at radius 3 is 2.33 bits per heavy atom. The normalized spacial score (nSPS) is 13.9. The Hall–Kier alpha value is 0.300. The van der Waals surface area contributed by atoms with E-state index in [0.29, 0.717) is 27.1 Å².